The zero-order chi connectivity index (χ0) is 25.4. The summed E-state index contributed by atoms with van der Waals surface area (Å²) in [5.74, 6) is -0.145. The lowest BCUT2D eigenvalue weighted by Crippen LogP contribution is -2.29. The average Bonchev–Trinajstić information content (AvgIpc) is 3.43. The van der Waals surface area contributed by atoms with Crippen LogP contribution in [0.15, 0.2) is 40.1 Å². The van der Waals surface area contributed by atoms with Crippen molar-refractivity contribution in [2.45, 2.75) is 16.2 Å². The second-order valence-electron chi connectivity index (χ2n) is 7.85. The van der Waals surface area contributed by atoms with E-state index < -0.39 is 29.8 Å². The molecule has 0 bridgehead atoms. The molecular weight excluding hydrogens is 514 g/mol. The van der Waals surface area contributed by atoms with Crippen LogP contribution in [-0.4, -0.2) is 74.5 Å². The monoisotopic (exact) mass is 537 g/mol. The van der Waals surface area contributed by atoms with Crippen molar-refractivity contribution in [2.75, 3.05) is 32.9 Å². The number of nitrogens with one attached hydrogen (secondary N) is 2. The number of rotatable bonds is 9. The van der Waals surface area contributed by atoms with Crippen molar-refractivity contribution in [1.82, 2.24) is 35.2 Å². The van der Waals surface area contributed by atoms with Gasteiger partial charge >= 0.3 is 0 Å². The maximum absolute atomic E-state index is 13.2. The van der Waals surface area contributed by atoms with E-state index in [0.717, 1.165) is 4.70 Å². The molecule has 0 spiro atoms. The van der Waals surface area contributed by atoms with Gasteiger partial charge in [-0.2, -0.15) is 5.21 Å². The van der Waals surface area contributed by atoms with Crippen LogP contribution in [0.1, 0.15) is 6.42 Å². The van der Waals surface area contributed by atoms with Gasteiger partial charge in [-0.05, 0) is 50.0 Å². The Bertz CT molecular complexity index is 1580. The summed E-state index contributed by atoms with van der Waals surface area (Å²) in [5, 5.41) is 19.5. The van der Waals surface area contributed by atoms with Crippen LogP contribution in [-0.2, 0) is 20.0 Å². The minimum Gasteiger partial charge on any atom is -0.375 e. The molecule has 16 heteroatoms. The van der Waals surface area contributed by atoms with Gasteiger partial charge in [0.15, 0.2) is 5.13 Å². The molecule has 0 saturated carbocycles. The summed E-state index contributed by atoms with van der Waals surface area (Å²) in [4.78, 5) is 5.10. The third-order valence-corrected chi connectivity index (χ3v) is 8.54. The molecular formula is C19H23N9O4S3. The van der Waals surface area contributed by atoms with Crippen molar-refractivity contribution in [2.24, 2.45) is 5.14 Å². The fraction of sp³-hybridized carbons (Fsp3) is 0.263. The topological polar surface area (TPSA) is 203 Å². The molecule has 186 valence electrons. The highest BCUT2D eigenvalue weighted by Gasteiger charge is 2.32. The maximum Gasteiger partial charge on any atom is 0.241 e. The standard InChI is InChI=1S/C19H23N9O4S3/c1-28(2)10-4-9-22-35(31,32)14-8-7-11(12-5-3-6-13-16(12)23-19(20)33-13)15(17(14)34(21,29)30)18-24-26-27-25-18/h3,5-8,22H,4,9-10H2,1-2H3,(H2,20,23)(H2,21,29,30)(H,24,25,26,27). The van der Waals surface area contributed by atoms with Crippen LogP contribution in [0.5, 0.6) is 0 Å². The van der Waals surface area contributed by atoms with Crippen molar-refractivity contribution >= 4 is 46.7 Å². The Balaban J connectivity index is 1.97. The van der Waals surface area contributed by atoms with E-state index in [4.69, 9.17) is 10.9 Å². The number of fused-ring (bicyclic) bond motifs is 1. The van der Waals surface area contributed by atoms with Gasteiger partial charge in [-0.1, -0.05) is 29.5 Å². The Hall–Kier alpha value is -3.02. The number of anilines is 1. The Morgan fingerprint density at radius 2 is 1.89 bits per heavy atom. The fourth-order valence-corrected chi connectivity index (χ4v) is 7.07. The number of para-hydroxylation sites is 1. The van der Waals surface area contributed by atoms with Gasteiger partial charge in [0.2, 0.25) is 25.9 Å². The molecule has 35 heavy (non-hydrogen) atoms. The van der Waals surface area contributed by atoms with Gasteiger partial charge in [-0.25, -0.2) is 31.7 Å². The molecule has 6 N–H and O–H groups in total. The highest BCUT2D eigenvalue weighted by molar-refractivity contribution is 7.92. The number of nitrogen functional groups attached to an aromatic ring is 1. The average molecular weight is 538 g/mol. The summed E-state index contributed by atoms with van der Waals surface area (Å²) in [7, 11) is -5.14. The predicted octanol–water partition coefficient (Wildman–Crippen LogP) is 0.603. The lowest BCUT2D eigenvalue weighted by atomic mass is 9.98. The quantitative estimate of drug-likeness (QED) is 0.219. The zero-order valence-electron chi connectivity index (χ0n) is 18.8. The van der Waals surface area contributed by atoms with Crippen molar-refractivity contribution in [3.05, 3.63) is 30.3 Å². The normalized spacial score (nSPS) is 12.6. The van der Waals surface area contributed by atoms with Crippen molar-refractivity contribution in [3.8, 4) is 22.5 Å². The molecule has 2 aromatic heterocycles. The smallest absolute Gasteiger partial charge is 0.241 e. The van der Waals surface area contributed by atoms with Gasteiger partial charge in [-0.15, -0.1) is 10.2 Å². The molecule has 13 nitrogen and oxygen atoms in total. The van der Waals surface area contributed by atoms with Crippen LogP contribution in [0.25, 0.3) is 32.7 Å². The van der Waals surface area contributed by atoms with Crippen LogP contribution in [0.2, 0.25) is 0 Å². The Morgan fingerprint density at radius 3 is 2.54 bits per heavy atom. The molecule has 0 aliphatic heterocycles. The number of hydrogen-bond donors (Lipinski definition) is 4. The number of primary sulfonamides is 1. The molecule has 0 unspecified atom stereocenters. The van der Waals surface area contributed by atoms with Gasteiger partial charge in [0.1, 0.15) is 9.79 Å². The Kier molecular flexibility index (Phi) is 6.85. The van der Waals surface area contributed by atoms with Crippen molar-refractivity contribution in [3.63, 3.8) is 0 Å². The number of aromatic amines is 1. The number of hydrogen-bond acceptors (Lipinski definition) is 11. The maximum atomic E-state index is 13.2. The molecule has 4 rings (SSSR count). The van der Waals surface area contributed by atoms with Crippen LogP contribution in [0.3, 0.4) is 0 Å². The first-order valence-electron chi connectivity index (χ1n) is 10.2. The minimum atomic E-state index is -4.59. The van der Waals surface area contributed by atoms with E-state index in [9.17, 15) is 16.8 Å². The van der Waals surface area contributed by atoms with Gasteiger partial charge < -0.3 is 10.6 Å². The highest BCUT2D eigenvalue weighted by atomic mass is 32.2. The number of sulfonamides is 2. The van der Waals surface area contributed by atoms with Crippen LogP contribution >= 0.6 is 11.3 Å². The van der Waals surface area contributed by atoms with Crippen molar-refractivity contribution in [1.29, 1.82) is 0 Å². The number of benzene rings is 2. The molecule has 0 aliphatic carbocycles. The second kappa shape index (κ2) is 9.56. The number of nitrogens with two attached hydrogens (primary N) is 2. The molecule has 0 aliphatic rings. The molecule has 0 fully saturated rings. The van der Waals surface area contributed by atoms with E-state index >= 15 is 0 Å². The molecule has 4 aromatic rings. The first kappa shape index (κ1) is 25.1. The first-order chi connectivity index (χ1) is 16.5. The second-order valence-corrected chi connectivity index (χ2v) is 12.2. The first-order valence-corrected chi connectivity index (χ1v) is 14.1. The summed E-state index contributed by atoms with van der Waals surface area (Å²) in [6, 6.07) is 7.95. The lowest BCUT2D eigenvalue weighted by molar-refractivity contribution is 0.400. The third kappa shape index (κ3) is 5.16. The third-order valence-electron chi connectivity index (χ3n) is 5.06. The number of thiazole rings is 1. The molecule has 0 amide bonds. The summed E-state index contributed by atoms with van der Waals surface area (Å²) in [6.45, 7) is 0.736. The van der Waals surface area contributed by atoms with Gasteiger partial charge in [0, 0.05) is 12.1 Å². The fourth-order valence-electron chi connectivity index (χ4n) is 3.63. The number of tetrazole rings is 1. The minimum absolute atomic E-state index is 0.0985. The molecule has 2 heterocycles. The molecule has 0 atom stereocenters. The Morgan fingerprint density at radius 1 is 1.11 bits per heavy atom. The lowest BCUT2D eigenvalue weighted by Gasteiger charge is -2.17. The predicted molar refractivity (Wildman–Crippen MR) is 132 cm³/mol. The van der Waals surface area contributed by atoms with Crippen LogP contribution in [0, 0.1) is 0 Å². The van der Waals surface area contributed by atoms with E-state index in [1.807, 2.05) is 25.1 Å². The van der Waals surface area contributed by atoms with Crippen LogP contribution in [0.4, 0.5) is 5.13 Å². The summed E-state index contributed by atoms with van der Waals surface area (Å²) < 4.78 is 55.3. The SMILES string of the molecule is CN(C)CCCNS(=O)(=O)c1ccc(-c2cccc3sc(N)nc23)c(-c2nn[nH]n2)c1S(N)(=O)=O. The van der Waals surface area contributed by atoms with Crippen LogP contribution < -0.4 is 15.6 Å². The highest BCUT2D eigenvalue weighted by Crippen LogP contribution is 2.41. The van der Waals surface area contributed by atoms with E-state index in [0.29, 0.717) is 34.7 Å². The van der Waals surface area contributed by atoms with Crippen molar-refractivity contribution < 1.29 is 16.8 Å². The van der Waals surface area contributed by atoms with E-state index in [1.165, 1.54) is 23.5 Å². The largest absolute Gasteiger partial charge is 0.375 e. The summed E-state index contributed by atoms with van der Waals surface area (Å²) in [5.41, 5.74) is 7.09. The number of aromatic nitrogens is 5. The molecule has 0 saturated heterocycles. The summed E-state index contributed by atoms with van der Waals surface area (Å²) >= 11 is 1.26. The zero-order valence-corrected chi connectivity index (χ0v) is 21.2. The van der Waals surface area contributed by atoms with E-state index in [2.05, 4.69) is 30.3 Å². The summed E-state index contributed by atoms with van der Waals surface area (Å²) in [6.07, 6.45) is 0.514. The van der Waals surface area contributed by atoms with Gasteiger partial charge in [0.05, 0.1) is 15.8 Å². The Labute approximate surface area is 205 Å². The number of H-pyrrole nitrogens is 1. The van der Waals surface area contributed by atoms with Gasteiger partial charge in [0.25, 0.3) is 0 Å². The molecule has 2 aromatic carbocycles. The van der Waals surface area contributed by atoms with Gasteiger partial charge in [-0.3, -0.25) is 0 Å². The molecule has 0 radical (unpaired) electrons. The number of nitrogens with zero attached hydrogens (tertiary/aromatic N) is 5. The van der Waals surface area contributed by atoms with E-state index in [1.54, 1.807) is 12.1 Å². The van der Waals surface area contributed by atoms with E-state index in [-0.39, 0.29) is 17.9 Å².